The summed E-state index contributed by atoms with van der Waals surface area (Å²) in [4.78, 5) is 24.7. The Kier molecular flexibility index (Phi) is 4.23. The Morgan fingerprint density at radius 3 is 2.67 bits per heavy atom. The number of carbonyl (C=O) groups excluding carboxylic acids is 2. The third-order valence-electron chi connectivity index (χ3n) is 4.62. The van der Waals surface area contributed by atoms with E-state index in [0.717, 1.165) is 17.7 Å². The molecular weight excluding hydrogens is 351 g/mol. The van der Waals surface area contributed by atoms with Crippen molar-refractivity contribution in [1.29, 1.82) is 0 Å². The molecule has 1 aromatic carbocycles. The molecule has 0 fully saturated rings. The molecule has 7 nitrogen and oxygen atoms in total. The lowest BCUT2D eigenvalue weighted by Crippen LogP contribution is -2.42. The second-order valence-electron chi connectivity index (χ2n) is 6.29. The molecule has 4 rings (SSSR count). The summed E-state index contributed by atoms with van der Waals surface area (Å²) in [5.74, 6) is -0.991. The van der Waals surface area contributed by atoms with Crippen LogP contribution in [-0.4, -0.2) is 21.6 Å². The lowest BCUT2D eigenvalue weighted by Gasteiger charge is -2.07. The molecule has 0 bridgehead atoms. The maximum atomic E-state index is 14.2. The number of aryl methyl sites for hydroxylation is 1. The van der Waals surface area contributed by atoms with Gasteiger partial charge in [-0.15, -0.1) is 0 Å². The van der Waals surface area contributed by atoms with Gasteiger partial charge in [0.2, 0.25) is 0 Å². The van der Waals surface area contributed by atoms with Crippen LogP contribution in [0.3, 0.4) is 0 Å². The van der Waals surface area contributed by atoms with E-state index >= 15 is 0 Å². The zero-order valence-corrected chi connectivity index (χ0v) is 14.6. The molecule has 0 aliphatic heterocycles. The lowest BCUT2D eigenvalue weighted by atomic mass is 10.2. The number of benzene rings is 1. The molecule has 2 N–H and O–H groups in total. The van der Waals surface area contributed by atoms with Crippen molar-refractivity contribution in [2.75, 3.05) is 0 Å². The SMILES string of the molecule is Cc1occc1C(=O)NNC(=O)c1nn(-c2ccccc2F)c2c1CCC2. The minimum atomic E-state index is -0.544. The number of furan rings is 1. The summed E-state index contributed by atoms with van der Waals surface area (Å²) in [6, 6.07) is 7.80. The summed E-state index contributed by atoms with van der Waals surface area (Å²) < 4.78 is 20.7. The number of halogens is 1. The van der Waals surface area contributed by atoms with Crippen LogP contribution in [0, 0.1) is 12.7 Å². The first-order chi connectivity index (χ1) is 13.1. The molecule has 1 aliphatic carbocycles. The van der Waals surface area contributed by atoms with E-state index in [0.29, 0.717) is 29.9 Å². The molecule has 1 aliphatic rings. The molecule has 0 unspecified atom stereocenters. The Balaban J connectivity index is 1.58. The molecule has 2 amide bonds. The molecule has 3 aromatic rings. The average molecular weight is 368 g/mol. The first-order valence-corrected chi connectivity index (χ1v) is 8.56. The van der Waals surface area contributed by atoms with Crippen LogP contribution in [0.1, 0.15) is 44.3 Å². The van der Waals surface area contributed by atoms with Gasteiger partial charge in [0.15, 0.2) is 5.69 Å². The minimum Gasteiger partial charge on any atom is -0.469 e. The van der Waals surface area contributed by atoms with Gasteiger partial charge in [0, 0.05) is 11.3 Å². The number of para-hydroxylation sites is 1. The van der Waals surface area contributed by atoms with Crippen LogP contribution >= 0.6 is 0 Å². The highest BCUT2D eigenvalue weighted by molar-refractivity contribution is 5.99. The molecule has 0 saturated carbocycles. The minimum absolute atomic E-state index is 0.190. The summed E-state index contributed by atoms with van der Waals surface area (Å²) in [5.41, 5.74) is 7.15. The van der Waals surface area contributed by atoms with Gasteiger partial charge < -0.3 is 4.42 Å². The first-order valence-electron chi connectivity index (χ1n) is 8.56. The van der Waals surface area contributed by atoms with Crippen LogP contribution in [-0.2, 0) is 12.8 Å². The number of nitrogens with zero attached hydrogens (tertiary/aromatic N) is 2. The van der Waals surface area contributed by atoms with Gasteiger partial charge in [-0.25, -0.2) is 9.07 Å². The van der Waals surface area contributed by atoms with Crippen LogP contribution < -0.4 is 10.9 Å². The monoisotopic (exact) mass is 368 g/mol. The van der Waals surface area contributed by atoms with E-state index in [1.807, 2.05) is 0 Å². The van der Waals surface area contributed by atoms with Crippen molar-refractivity contribution < 1.29 is 18.4 Å². The van der Waals surface area contributed by atoms with Gasteiger partial charge in [-0.05, 0) is 44.4 Å². The topological polar surface area (TPSA) is 89.2 Å². The summed E-state index contributed by atoms with van der Waals surface area (Å²) in [7, 11) is 0. The number of hydrogen-bond acceptors (Lipinski definition) is 4. The number of amides is 2. The predicted molar refractivity (Wildman–Crippen MR) is 93.9 cm³/mol. The van der Waals surface area contributed by atoms with E-state index in [1.165, 1.54) is 23.1 Å². The van der Waals surface area contributed by atoms with Crippen LogP contribution in [0.25, 0.3) is 5.69 Å². The highest BCUT2D eigenvalue weighted by atomic mass is 19.1. The Morgan fingerprint density at radius 2 is 1.93 bits per heavy atom. The van der Waals surface area contributed by atoms with Crippen molar-refractivity contribution >= 4 is 11.8 Å². The maximum absolute atomic E-state index is 14.2. The van der Waals surface area contributed by atoms with Gasteiger partial charge in [-0.3, -0.25) is 20.4 Å². The molecular formula is C19H17FN4O3. The molecule has 0 spiro atoms. The van der Waals surface area contributed by atoms with E-state index in [4.69, 9.17) is 4.42 Å². The largest absolute Gasteiger partial charge is 0.469 e. The number of nitrogens with one attached hydrogen (secondary N) is 2. The Hall–Kier alpha value is -3.42. The van der Waals surface area contributed by atoms with E-state index in [-0.39, 0.29) is 5.69 Å². The number of fused-ring (bicyclic) bond motifs is 1. The van der Waals surface area contributed by atoms with Crippen molar-refractivity contribution in [1.82, 2.24) is 20.6 Å². The van der Waals surface area contributed by atoms with Crippen LogP contribution in [0.2, 0.25) is 0 Å². The zero-order valence-electron chi connectivity index (χ0n) is 14.6. The van der Waals surface area contributed by atoms with Crippen LogP contribution in [0.5, 0.6) is 0 Å². The standard InChI is InChI=1S/C19H17FN4O3/c1-11-12(9-10-27-11)18(25)21-22-19(26)17-13-5-4-8-15(13)24(23-17)16-7-3-2-6-14(16)20/h2-3,6-7,9-10H,4-5,8H2,1H3,(H,21,25)(H,22,26). The first kappa shape index (κ1) is 17.0. The average Bonchev–Trinajstić information content (AvgIpc) is 3.36. The lowest BCUT2D eigenvalue weighted by molar-refractivity contribution is 0.0842. The van der Waals surface area contributed by atoms with E-state index < -0.39 is 17.6 Å². The molecule has 8 heteroatoms. The van der Waals surface area contributed by atoms with Gasteiger partial charge in [0.05, 0.1) is 11.8 Å². The van der Waals surface area contributed by atoms with Gasteiger partial charge in [-0.2, -0.15) is 5.10 Å². The van der Waals surface area contributed by atoms with E-state index in [9.17, 15) is 14.0 Å². The third-order valence-corrected chi connectivity index (χ3v) is 4.62. The summed E-state index contributed by atoms with van der Waals surface area (Å²) in [6.45, 7) is 1.65. The number of carbonyl (C=O) groups is 2. The van der Waals surface area contributed by atoms with E-state index in [2.05, 4.69) is 16.0 Å². The summed E-state index contributed by atoms with van der Waals surface area (Å²) >= 11 is 0. The van der Waals surface area contributed by atoms with Gasteiger partial charge in [0.25, 0.3) is 11.8 Å². The van der Waals surface area contributed by atoms with E-state index in [1.54, 1.807) is 25.1 Å². The highest BCUT2D eigenvalue weighted by Crippen LogP contribution is 2.28. The highest BCUT2D eigenvalue weighted by Gasteiger charge is 2.28. The van der Waals surface area contributed by atoms with Crippen molar-refractivity contribution in [3.8, 4) is 5.69 Å². The van der Waals surface area contributed by atoms with Crippen molar-refractivity contribution in [3.05, 3.63) is 70.7 Å². The molecule has 0 saturated heterocycles. The Bertz CT molecular complexity index is 1040. The number of hydrazine groups is 1. The number of rotatable bonds is 3. The molecule has 27 heavy (non-hydrogen) atoms. The fourth-order valence-electron chi connectivity index (χ4n) is 3.30. The van der Waals surface area contributed by atoms with Gasteiger partial charge in [0.1, 0.15) is 17.3 Å². The molecule has 0 atom stereocenters. The number of aromatic nitrogens is 2. The second-order valence-corrected chi connectivity index (χ2v) is 6.29. The van der Waals surface area contributed by atoms with Crippen molar-refractivity contribution in [3.63, 3.8) is 0 Å². The van der Waals surface area contributed by atoms with Crippen molar-refractivity contribution in [2.24, 2.45) is 0 Å². The molecule has 138 valence electrons. The Labute approximate surface area is 154 Å². The van der Waals surface area contributed by atoms with Crippen molar-refractivity contribution in [2.45, 2.75) is 26.2 Å². The molecule has 0 radical (unpaired) electrons. The van der Waals surface area contributed by atoms with Gasteiger partial charge in [-0.1, -0.05) is 12.1 Å². The molecule has 2 aromatic heterocycles. The fraction of sp³-hybridized carbons (Fsp3) is 0.211. The normalized spacial score (nSPS) is 12.7. The second kappa shape index (κ2) is 6.71. The van der Waals surface area contributed by atoms with Crippen LogP contribution in [0.4, 0.5) is 4.39 Å². The van der Waals surface area contributed by atoms with Crippen LogP contribution in [0.15, 0.2) is 41.0 Å². The Morgan fingerprint density at radius 1 is 1.15 bits per heavy atom. The molecule has 2 heterocycles. The maximum Gasteiger partial charge on any atom is 0.290 e. The quantitative estimate of drug-likeness (QED) is 0.695. The zero-order chi connectivity index (χ0) is 19.0. The number of hydrogen-bond donors (Lipinski definition) is 2. The fourth-order valence-corrected chi connectivity index (χ4v) is 3.30. The summed E-state index contributed by atoms with van der Waals surface area (Å²) in [5, 5.41) is 4.32. The van der Waals surface area contributed by atoms with Gasteiger partial charge >= 0.3 is 0 Å². The third kappa shape index (κ3) is 2.99. The smallest absolute Gasteiger partial charge is 0.290 e. The predicted octanol–water partition coefficient (Wildman–Crippen LogP) is 2.48. The summed E-state index contributed by atoms with van der Waals surface area (Å²) in [6.07, 6.45) is 3.66.